The summed E-state index contributed by atoms with van der Waals surface area (Å²) in [6.45, 7) is 6.18. The molecular weight excluding hydrogens is 550 g/mol. The highest BCUT2D eigenvalue weighted by atomic mass is 16.5. The van der Waals surface area contributed by atoms with Gasteiger partial charge in [-0.1, -0.05) is 24.3 Å². The van der Waals surface area contributed by atoms with Crippen LogP contribution in [0, 0.1) is 5.92 Å². The molecule has 0 bridgehead atoms. The predicted octanol–water partition coefficient (Wildman–Crippen LogP) is 5.06. The standard InChI is InChI=1S/C34H41N9O/c1-44-29-5-3-2-4-23(29)19-30-38-27-13-8-24(18-28(27)39-30)32-31-33(35)36-21-37-34(31)43(40-32)26-11-9-25(10-12-26)42-16-14-41(15-17-42)20-22-6-7-22/h2-5,8,13,18,21-22,25-26H,6-7,9-12,14-17,19-20H2,1H3,(H,38,39)(H2,35,36,37). The number of ether oxygens (including phenoxy) is 1. The van der Waals surface area contributed by atoms with E-state index < -0.39 is 0 Å². The fraction of sp³-hybridized carbons (Fsp3) is 0.471. The quantitative estimate of drug-likeness (QED) is 0.257. The number of nitrogens with two attached hydrogens (primary N) is 1. The molecule has 8 rings (SSSR count). The first-order valence-electron chi connectivity index (χ1n) is 16.2. The van der Waals surface area contributed by atoms with Crippen LogP contribution in [0.15, 0.2) is 48.8 Å². The summed E-state index contributed by atoms with van der Waals surface area (Å²) in [4.78, 5) is 22.8. The molecule has 3 fully saturated rings. The van der Waals surface area contributed by atoms with Crippen LogP contribution in [0.4, 0.5) is 5.82 Å². The zero-order valence-electron chi connectivity index (χ0n) is 25.5. The normalized spacial score (nSPS) is 21.8. The van der Waals surface area contributed by atoms with Crippen LogP contribution in [0.5, 0.6) is 5.75 Å². The van der Waals surface area contributed by atoms with Crippen molar-refractivity contribution in [1.82, 2.24) is 39.5 Å². The number of para-hydroxylation sites is 1. The lowest BCUT2D eigenvalue weighted by molar-refractivity contribution is 0.0689. The van der Waals surface area contributed by atoms with Crippen molar-refractivity contribution in [3.63, 3.8) is 0 Å². The van der Waals surface area contributed by atoms with Crippen LogP contribution in [0.25, 0.3) is 33.3 Å². The molecule has 3 N–H and O–H groups in total. The molecule has 0 amide bonds. The zero-order chi connectivity index (χ0) is 29.6. The molecule has 10 nitrogen and oxygen atoms in total. The van der Waals surface area contributed by atoms with Gasteiger partial charge in [0.2, 0.25) is 0 Å². The second-order valence-electron chi connectivity index (χ2n) is 12.9. The molecule has 0 atom stereocenters. The first-order valence-corrected chi connectivity index (χ1v) is 16.2. The van der Waals surface area contributed by atoms with Gasteiger partial charge in [0.15, 0.2) is 5.65 Å². The van der Waals surface area contributed by atoms with E-state index in [0.29, 0.717) is 24.3 Å². The number of nitrogens with one attached hydrogen (secondary N) is 1. The van der Waals surface area contributed by atoms with E-state index in [1.54, 1.807) is 13.4 Å². The Kier molecular flexibility index (Phi) is 7.18. The summed E-state index contributed by atoms with van der Waals surface area (Å²) in [7, 11) is 1.70. The van der Waals surface area contributed by atoms with Crippen LogP contribution in [0.2, 0.25) is 0 Å². The van der Waals surface area contributed by atoms with Crippen LogP contribution < -0.4 is 10.5 Å². The molecule has 4 heterocycles. The predicted molar refractivity (Wildman–Crippen MR) is 173 cm³/mol. The number of aromatic nitrogens is 6. The van der Waals surface area contributed by atoms with Crippen molar-refractivity contribution in [2.75, 3.05) is 45.6 Å². The van der Waals surface area contributed by atoms with Crippen molar-refractivity contribution in [2.24, 2.45) is 5.92 Å². The second-order valence-corrected chi connectivity index (χ2v) is 12.9. The molecule has 0 unspecified atom stereocenters. The molecule has 1 aliphatic heterocycles. The van der Waals surface area contributed by atoms with Crippen molar-refractivity contribution in [1.29, 1.82) is 0 Å². The molecule has 5 aromatic rings. The molecule has 0 radical (unpaired) electrons. The Labute approximate surface area is 257 Å². The average Bonchev–Trinajstić information content (AvgIpc) is 3.64. The van der Waals surface area contributed by atoms with E-state index in [1.165, 1.54) is 58.4 Å². The minimum absolute atomic E-state index is 0.302. The van der Waals surface area contributed by atoms with E-state index in [2.05, 4.69) is 42.6 Å². The maximum Gasteiger partial charge on any atom is 0.164 e. The third-order valence-electron chi connectivity index (χ3n) is 10.0. The number of rotatable bonds is 8. The number of H-pyrrole nitrogens is 1. The van der Waals surface area contributed by atoms with Crippen LogP contribution in [-0.4, -0.2) is 85.4 Å². The average molecular weight is 592 g/mol. The molecule has 0 spiro atoms. The Bertz CT molecular complexity index is 1770. The molecule has 2 aromatic carbocycles. The van der Waals surface area contributed by atoms with Gasteiger partial charge in [-0.15, -0.1) is 0 Å². The van der Waals surface area contributed by atoms with Crippen molar-refractivity contribution < 1.29 is 4.74 Å². The van der Waals surface area contributed by atoms with Crippen LogP contribution >= 0.6 is 0 Å². The highest BCUT2D eigenvalue weighted by Crippen LogP contribution is 2.38. The molecule has 3 aromatic heterocycles. The number of piperazine rings is 1. The van der Waals surface area contributed by atoms with Gasteiger partial charge in [-0.25, -0.2) is 19.6 Å². The summed E-state index contributed by atoms with van der Waals surface area (Å²) in [5.74, 6) is 3.20. The zero-order valence-corrected chi connectivity index (χ0v) is 25.5. The number of benzene rings is 2. The number of anilines is 1. The number of hydrogen-bond acceptors (Lipinski definition) is 8. The molecular formula is C34H41N9O. The molecule has 228 valence electrons. The number of nitrogens with zero attached hydrogens (tertiary/aromatic N) is 7. The Morgan fingerprint density at radius 2 is 1.73 bits per heavy atom. The lowest BCUT2D eigenvalue weighted by Crippen LogP contribution is -2.51. The lowest BCUT2D eigenvalue weighted by atomic mass is 9.90. The summed E-state index contributed by atoms with van der Waals surface area (Å²) < 4.78 is 7.68. The smallest absolute Gasteiger partial charge is 0.164 e. The van der Waals surface area contributed by atoms with Gasteiger partial charge >= 0.3 is 0 Å². The Morgan fingerprint density at radius 3 is 2.52 bits per heavy atom. The third-order valence-corrected chi connectivity index (χ3v) is 10.0. The fourth-order valence-electron chi connectivity index (χ4n) is 7.42. The maximum absolute atomic E-state index is 6.48. The Balaban J connectivity index is 1.02. The number of aromatic amines is 1. The van der Waals surface area contributed by atoms with Gasteiger partial charge in [-0.2, -0.15) is 5.10 Å². The van der Waals surface area contributed by atoms with Crippen molar-refractivity contribution in [3.05, 3.63) is 60.2 Å². The molecule has 10 heteroatoms. The minimum atomic E-state index is 0.302. The van der Waals surface area contributed by atoms with Gasteiger partial charge in [-0.05, 0) is 62.6 Å². The fourth-order valence-corrected chi connectivity index (χ4v) is 7.42. The third kappa shape index (κ3) is 5.30. The van der Waals surface area contributed by atoms with E-state index >= 15 is 0 Å². The Morgan fingerprint density at radius 1 is 0.932 bits per heavy atom. The lowest BCUT2D eigenvalue weighted by Gasteiger charge is -2.42. The number of nitrogen functional groups attached to an aromatic ring is 1. The SMILES string of the molecule is COc1ccccc1Cc1nc2ccc(-c3nn(C4CCC(N5CCN(CC6CC6)CC5)CC4)c4ncnc(N)c34)cc2[nH]1. The van der Waals surface area contributed by atoms with Crippen LogP contribution in [-0.2, 0) is 6.42 Å². The maximum atomic E-state index is 6.48. The number of imidazole rings is 1. The van der Waals surface area contributed by atoms with E-state index in [1.807, 2.05) is 24.3 Å². The van der Waals surface area contributed by atoms with E-state index in [9.17, 15) is 0 Å². The van der Waals surface area contributed by atoms with Crippen molar-refractivity contribution in [3.8, 4) is 17.0 Å². The molecule has 44 heavy (non-hydrogen) atoms. The summed E-state index contributed by atoms with van der Waals surface area (Å²) >= 11 is 0. The monoisotopic (exact) mass is 591 g/mol. The van der Waals surface area contributed by atoms with Gasteiger partial charge in [0.1, 0.15) is 29.4 Å². The minimum Gasteiger partial charge on any atom is -0.496 e. The number of fused-ring (bicyclic) bond motifs is 2. The van der Waals surface area contributed by atoms with Gasteiger partial charge in [0, 0.05) is 56.3 Å². The Hall–Kier alpha value is -4.02. The molecule has 1 saturated heterocycles. The highest BCUT2D eigenvalue weighted by Gasteiger charge is 2.32. The number of hydrogen-bond donors (Lipinski definition) is 2. The summed E-state index contributed by atoms with van der Waals surface area (Å²) in [6.07, 6.45) is 9.68. The van der Waals surface area contributed by atoms with Gasteiger partial charge in [0.25, 0.3) is 0 Å². The van der Waals surface area contributed by atoms with Crippen molar-refractivity contribution in [2.45, 2.75) is 57.0 Å². The molecule has 2 saturated carbocycles. The van der Waals surface area contributed by atoms with Gasteiger partial charge < -0.3 is 20.4 Å². The second kappa shape index (κ2) is 11.5. The molecule has 2 aliphatic carbocycles. The summed E-state index contributed by atoms with van der Waals surface area (Å²) in [6, 6.07) is 15.3. The van der Waals surface area contributed by atoms with E-state index in [4.69, 9.17) is 25.5 Å². The van der Waals surface area contributed by atoms with Crippen LogP contribution in [0.3, 0.4) is 0 Å². The number of methoxy groups -OCH3 is 1. The highest BCUT2D eigenvalue weighted by molar-refractivity contribution is 5.99. The van der Waals surface area contributed by atoms with Crippen molar-refractivity contribution >= 4 is 27.9 Å². The van der Waals surface area contributed by atoms with E-state index in [0.717, 1.165) is 69.2 Å². The summed E-state index contributed by atoms with van der Waals surface area (Å²) in [5, 5.41) is 6.02. The van der Waals surface area contributed by atoms with Gasteiger partial charge in [0.05, 0.1) is 29.6 Å². The summed E-state index contributed by atoms with van der Waals surface area (Å²) in [5.41, 5.74) is 12.1. The van der Waals surface area contributed by atoms with Crippen LogP contribution in [0.1, 0.15) is 56.0 Å². The topological polar surface area (TPSA) is 114 Å². The molecule has 3 aliphatic rings. The van der Waals surface area contributed by atoms with Gasteiger partial charge in [-0.3, -0.25) is 4.90 Å². The first-order chi connectivity index (χ1) is 21.6. The van der Waals surface area contributed by atoms with E-state index in [-0.39, 0.29) is 0 Å². The largest absolute Gasteiger partial charge is 0.496 e. The first kappa shape index (κ1) is 27.5.